The molecule has 0 saturated carbocycles. The summed E-state index contributed by atoms with van der Waals surface area (Å²) < 4.78 is 6.78. The average Bonchev–Trinajstić information content (AvgIpc) is 2.56. The van der Waals surface area contributed by atoms with Gasteiger partial charge in [-0.05, 0) is 22.6 Å². The van der Waals surface area contributed by atoms with Gasteiger partial charge in [-0.3, -0.25) is 4.40 Å². The first-order valence-corrected chi connectivity index (χ1v) is 5.37. The molecule has 7 heteroatoms. The molecule has 0 bridgehead atoms. The molecule has 0 atom stereocenters. The van der Waals surface area contributed by atoms with Crippen molar-refractivity contribution in [2.24, 2.45) is 0 Å². The van der Waals surface area contributed by atoms with Crippen LogP contribution in [0.25, 0.3) is 5.52 Å². The van der Waals surface area contributed by atoms with Crippen molar-refractivity contribution in [3.05, 3.63) is 27.1 Å². The molecule has 2 aromatic rings. The number of fused-ring (bicyclic) bond motifs is 1. The molecule has 0 amide bonds. The molecule has 0 saturated heterocycles. The van der Waals surface area contributed by atoms with E-state index < -0.39 is 5.97 Å². The second-order valence-corrected chi connectivity index (χ2v) is 4.03. The van der Waals surface area contributed by atoms with Crippen LogP contribution in [0, 0.1) is 3.70 Å². The fourth-order valence-electron chi connectivity index (χ4n) is 1.20. The molecule has 0 spiro atoms. The molecule has 0 radical (unpaired) electrons. The highest BCUT2D eigenvalue weighted by Crippen LogP contribution is 2.21. The van der Waals surface area contributed by atoms with Crippen molar-refractivity contribution in [2.45, 2.75) is 0 Å². The summed E-state index contributed by atoms with van der Waals surface area (Å²) in [6.45, 7) is 0. The topological polar surface area (TPSA) is 56.5 Å². The van der Waals surface area contributed by atoms with Gasteiger partial charge in [0.15, 0.2) is 5.15 Å². The van der Waals surface area contributed by atoms with Crippen molar-refractivity contribution in [2.75, 3.05) is 7.11 Å². The van der Waals surface area contributed by atoms with Gasteiger partial charge in [-0.15, -0.1) is 0 Å². The lowest BCUT2D eigenvalue weighted by atomic mass is 10.5. The molecule has 0 aromatic carbocycles. The minimum Gasteiger partial charge on any atom is -0.463 e. The average molecular weight is 338 g/mol. The van der Waals surface area contributed by atoms with Crippen molar-refractivity contribution in [1.82, 2.24) is 14.4 Å². The number of ether oxygens (including phenoxy) is 1. The fraction of sp³-hybridized carbons (Fsp3) is 0.125. The minimum atomic E-state index is -0.504. The third-order valence-electron chi connectivity index (χ3n) is 1.84. The Bertz CT molecular complexity index is 540. The van der Waals surface area contributed by atoms with Crippen LogP contribution in [0.4, 0.5) is 0 Å². The molecule has 0 aliphatic carbocycles. The normalized spacial score (nSPS) is 10.6. The summed E-state index contributed by atoms with van der Waals surface area (Å²) in [4.78, 5) is 19.4. The number of aromatic nitrogens is 3. The maximum Gasteiger partial charge on any atom is 0.374 e. The van der Waals surface area contributed by atoms with Gasteiger partial charge in [0.2, 0.25) is 5.82 Å². The van der Waals surface area contributed by atoms with Crippen LogP contribution in [0.1, 0.15) is 10.6 Å². The van der Waals surface area contributed by atoms with Crippen LogP contribution in [0.2, 0.25) is 5.15 Å². The van der Waals surface area contributed by atoms with Crippen LogP contribution < -0.4 is 0 Å². The van der Waals surface area contributed by atoms with Crippen LogP contribution in [-0.4, -0.2) is 27.4 Å². The molecule has 0 aliphatic heterocycles. The van der Waals surface area contributed by atoms with E-state index in [0.29, 0.717) is 14.4 Å². The number of carbonyl (C=O) groups is 1. The Morgan fingerprint density at radius 1 is 1.67 bits per heavy atom. The lowest BCUT2D eigenvalue weighted by molar-refractivity contribution is 0.0586. The predicted molar refractivity (Wildman–Crippen MR) is 62.1 cm³/mol. The standard InChI is InChI=1S/C8H5ClIN3O2/c1-15-8(14)7-12-6(10)4-5(9)11-2-3-13(4)7/h2-3H,1H3. The van der Waals surface area contributed by atoms with Gasteiger partial charge in [-0.2, -0.15) is 0 Å². The number of carbonyl (C=O) groups excluding carboxylic acids is 1. The quantitative estimate of drug-likeness (QED) is 0.588. The second kappa shape index (κ2) is 3.93. The molecule has 15 heavy (non-hydrogen) atoms. The first kappa shape index (κ1) is 10.6. The molecule has 0 unspecified atom stereocenters. The number of rotatable bonds is 1. The van der Waals surface area contributed by atoms with E-state index in [0.717, 1.165) is 0 Å². The Hall–Kier alpha value is -0.890. The van der Waals surface area contributed by atoms with Crippen LogP contribution in [0.3, 0.4) is 0 Å². The van der Waals surface area contributed by atoms with Gasteiger partial charge in [-0.25, -0.2) is 14.8 Å². The highest BCUT2D eigenvalue weighted by atomic mass is 127. The highest BCUT2D eigenvalue weighted by Gasteiger charge is 2.18. The Labute approximate surface area is 104 Å². The van der Waals surface area contributed by atoms with E-state index in [1.165, 1.54) is 13.3 Å². The number of imidazole rings is 1. The molecular formula is C8H5ClIN3O2. The summed E-state index contributed by atoms with van der Waals surface area (Å²) in [6, 6.07) is 0. The zero-order valence-corrected chi connectivity index (χ0v) is 10.5. The molecule has 5 nitrogen and oxygen atoms in total. The number of esters is 1. The van der Waals surface area contributed by atoms with Gasteiger partial charge < -0.3 is 4.74 Å². The zero-order chi connectivity index (χ0) is 11.0. The lowest BCUT2D eigenvalue weighted by Crippen LogP contribution is -2.07. The van der Waals surface area contributed by atoms with Gasteiger partial charge in [0, 0.05) is 12.4 Å². The SMILES string of the molecule is COC(=O)c1nc(I)c2c(Cl)nccn12. The molecule has 2 aromatic heterocycles. The van der Waals surface area contributed by atoms with Crippen molar-refractivity contribution in [1.29, 1.82) is 0 Å². The van der Waals surface area contributed by atoms with Crippen LogP contribution in [-0.2, 0) is 4.74 Å². The van der Waals surface area contributed by atoms with Crippen LogP contribution in [0.5, 0.6) is 0 Å². The summed E-state index contributed by atoms with van der Waals surface area (Å²) in [7, 11) is 1.30. The van der Waals surface area contributed by atoms with Gasteiger partial charge >= 0.3 is 5.97 Å². The molecule has 2 heterocycles. The summed E-state index contributed by atoms with van der Waals surface area (Å²) in [5.74, 6) is -0.309. The van der Waals surface area contributed by atoms with Crippen LogP contribution >= 0.6 is 34.2 Å². The van der Waals surface area contributed by atoms with Crippen molar-refractivity contribution in [3.8, 4) is 0 Å². The van der Waals surface area contributed by atoms with E-state index in [-0.39, 0.29) is 5.82 Å². The molecular weight excluding hydrogens is 332 g/mol. The summed E-state index contributed by atoms with van der Waals surface area (Å²) in [5, 5.41) is 0.310. The van der Waals surface area contributed by atoms with Gasteiger partial charge in [0.05, 0.1) is 7.11 Å². The second-order valence-electron chi connectivity index (χ2n) is 2.65. The fourth-order valence-corrected chi connectivity index (χ4v) is 2.34. The summed E-state index contributed by atoms with van der Waals surface area (Å²) in [5.41, 5.74) is 0.611. The molecule has 78 valence electrons. The first-order valence-electron chi connectivity index (χ1n) is 3.91. The molecule has 2 rings (SSSR count). The number of hydrogen-bond acceptors (Lipinski definition) is 4. The third-order valence-corrected chi connectivity index (χ3v) is 2.86. The van der Waals surface area contributed by atoms with Crippen molar-refractivity contribution >= 4 is 45.7 Å². The summed E-state index contributed by atoms with van der Waals surface area (Å²) in [6.07, 6.45) is 3.11. The lowest BCUT2D eigenvalue weighted by Gasteiger charge is -1.98. The molecule has 0 aliphatic rings. The van der Waals surface area contributed by atoms with Crippen LogP contribution in [0.15, 0.2) is 12.4 Å². The maximum absolute atomic E-state index is 11.4. The minimum absolute atomic E-state index is 0.196. The Kier molecular flexibility index (Phi) is 2.79. The van der Waals surface area contributed by atoms with E-state index in [4.69, 9.17) is 11.6 Å². The van der Waals surface area contributed by atoms with Crippen molar-refractivity contribution in [3.63, 3.8) is 0 Å². The van der Waals surface area contributed by atoms with E-state index in [9.17, 15) is 4.79 Å². The number of halogens is 2. The van der Waals surface area contributed by atoms with E-state index in [2.05, 4.69) is 14.7 Å². The number of methoxy groups -OCH3 is 1. The monoisotopic (exact) mass is 337 g/mol. The van der Waals surface area contributed by atoms with Gasteiger partial charge in [0.1, 0.15) is 9.22 Å². The number of nitrogens with zero attached hydrogens (tertiary/aromatic N) is 3. The van der Waals surface area contributed by atoms with Gasteiger partial charge in [-0.1, -0.05) is 11.6 Å². The predicted octanol–water partition coefficient (Wildman–Crippen LogP) is 1.77. The smallest absolute Gasteiger partial charge is 0.374 e. The Morgan fingerprint density at radius 3 is 3.07 bits per heavy atom. The zero-order valence-electron chi connectivity index (χ0n) is 7.57. The Balaban J connectivity index is 2.79. The summed E-state index contributed by atoms with van der Waals surface area (Å²) >= 11 is 7.88. The molecule has 0 fully saturated rings. The third kappa shape index (κ3) is 1.67. The number of hydrogen-bond donors (Lipinski definition) is 0. The maximum atomic E-state index is 11.4. The first-order chi connectivity index (χ1) is 7.15. The van der Waals surface area contributed by atoms with Gasteiger partial charge in [0.25, 0.3) is 0 Å². The van der Waals surface area contributed by atoms with Crippen molar-refractivity contribution < 1.29 is 9.53 Å². The van der Waals surface area contributed by atoms with E-state index in [1.807, 2.05) is 22.6 Å². The highest BCUT2D eigenvalue weighted by molar-refractivity contribution is 14.1. The largest absolute Gasteiger partial charge is 0.463 e. The van der Waals surface area contributed by atoms with E-state index >= 15 is 0 Å². The molecule has 0 N–H and O–H groups in total. The Morgan fingerprint density at radius 2 is 2.40 bits per heavy atom. The van der Waals surface area contributed by atoms with E-state index in [1.54, 1.807) is 10.6 Å².